The van der Waals surface area contributed by atoms with Gasteiger partial charge in [0.15, 0.2) is 0 Å². The quantitative estimate of drug-likeness (QED) is 0.660. The van der Waals surface area contributed by atoms with Gasteiger partial charge in [-0.1, -0.05) is 6.92 Å². The molecule has 0 bridgehead atoms. The van der Waals surface area contributed by atoms with Gasteiger partial charge in [0.2, 0.25) is 0 Å². The van der Waals surface area contributed by atoms with Crippen molar-refractivity contribution in [2.75, 3.05) is 19.7 Å². The second-order valence-electron chi connectivity index (χ2n) is 3.97. The average molecular weight is 186 g/mol. The van der Waals surface area contributed by atoms with Crippen LogP contribution in [0.4, 0.5) is 0 Å². The summed E-state index contributed by atoms with van der Waals surface area (Å²) in [5.41, 5.74) is 5.66. The smallest absolute Gasteiger partial charge is 0.0583 e. The summed E-state index contributed by atoms with van der Waals surface area (Å²) >= 11 is 0. The fourth-order valence-electron chi connectivity index (χ4n) is 2.07. The van der Waals surface area contributed by atoms with Crippen LogP contribution in [0, 0.1) is 0 Å². The molecule has 1 aliphatic heterocycles. The van der Waals surface area contributed by atoms with E-state index in [9.17, 15) is 0 Å². The van der Waals surface area contributed by atoms with Crippen molar-refractivity contribution in [3.8, 4) is 0 Å². The van der Waals surface area contributed by atoms with Gasteiger partial charge in [-0.25, -0.2) is 0 Å². The first-order valence-electron chi connectivity index (χ1n) is 5.38. The van der Waals surface area contributed by atoms with Gasteiger partial charge in [0.05, 0.1) is 6.61 Å². The molecule has 2 unspecified atom stereocenters. The number of nitrogens with zero attached hydrogens (tertiary/aromatic N) is 1. The topological polar surface area (TPSA) is 49.5 Å². The van der Waals surface area contributed by atoms with Crippen LogP contribution in [0.25, 0.3) is 0 Å². The molecule has 2 atom stereocenters. The Balaban J connectivity index is 2.19. The third kappa shape index (κ3) is 3.25. The highest BCUT2D eigenvalue weighted by Crippen LogP contribution is 2.19. The fourth-order valence-corrected chi connectivity index (χ4v) is 2.07. The van der Waals surface area contributed by atoms with Crippen LogP contribution < -0.4 is 5.73 Å². The average Bonchev–Trinajstić information content (AvgIpc) is 2.61. The first-order valence-corrected chi connectivity index (χ1v) is 5.38. The molecule has 0 aliphatic carbocycles. The number of hydrogen-bond donors (Lipinski definition) is 2. The van der Waals surface area contributed by atoms with Crippen LogP contribution >= 0.6 is 0 Å². The highest BCUT2D eigenvalue weighted by atomic mass is 16.3. The summed E-state index contributed by atoms with van der Waals surface area (Å²) in [4.78, 5) is 2.51. The molecular formula is C10H22N2O. The van der Waals surface area contributed by atoms with Crippen molar-refractivity contribution in [1.29, 1.82) is 0 Å². The molecule has 78 valence electrons. The first kappa shape index (κ1) is 11.0. The summed E-state index contributed by atoms with van der Waals surface area (Å²) in [6.07, 6.45) is 4.83. The van der Waals surface area contributed by atoms with Gasteiger partial charge in [-0.2, -0.15) is 0 Å². The molecule has 1 aliphatic rings. The van der Waals surface area contributed by atoms with E-state index in [-0.39, 0.29) is 12.6 Å². The second kappa shape index (κ2) is 5.58. The van der Waals surface area contributed by atoms with Crippen LogP contribution in [0.3, 0.4) is 0 Å². The Kier molecular flexibility index (Phi) is 4.70. The maximum absolute atomic E-state index is 8.79. The zero-order valence-corrected chi connectivity index (χ0v) is 8.58. The van der Waals surface area contributed by atoms with Crippen molar-refractivity contribution in [2.24, 2.45) is 5.73 Å². The summed E-state index contributed by atoms with van der Waals surface area (Å²) in [7, 11) is 0. The molecule has 0 aromatic rings. The van der Waals surface area contributed by atoms with E-state index in [1.807, 2.05) is 0 Å². The Bertz CT molecular complexity index is 141. The summed E-state index contributed by atoms with van der Waals surface area (Å²) in [6, 6.07) is 0.740. The maximum Gasteiger partial charge on any atom is 0.0583 e. The molecule has 1 saturated heterocycles. The van der Waals surface area contributed by atoms with Gasteiger partial charge in [0.25, 0.3) is 0 Å². The Labute approximate surface area is 80.9 Å². The highest BCUT2D eigenvalue weighted by molar-refractivity contribution is 4.78. The molecule has 1 rings (SSSR count). The van der Waals surface area contributed by atoms with E-state index in [4.69, 9.17) is 10.8 Å². The highest BCUT2D eigenvalue weighted by Gasteiger charge is 2.22. The number of hydrogen-bond acceptors (Lipinski definition) is 3. The van der Waals surface area contributed by atoms with E-state index >= 15 is 0 Å². The lowest BCUT2D eigenvalue weighted by Gasteiger charge is -2.24. The largest absolute Gasteiger partial charge is 0.395 e. The van der Waals surface area contributed by atoms with E-state index in [0.29, 0.717) is 0 Å². The molecule has 0 aromatic heterocycles. The van der Waals surface area contributed by atoms with Crippen LogP contribution in [-0.4, -0.2) is 41.8 Å². The van der Waals surface area contributed by atoms with Crippen molar-refractivity contribution >= 4 is 0 Å². The number of nitrogens with two attached hydrogens (primary N) is 1. The van der Waals surface area contributed by atoms with E-state index < -0.39 is 0 Å². The monoisotopic (exact) mass is 186 g/mol. The minimum atomic E-state index is -0.0295. The Morgan fingerprint density at radius 1 is 1.62 bits per heavy atom. The molecule has 0 radical (unpaired) electrons. The second-order valence-corrected chi connectivity index (χ2v) is 3.97. The van der Waals surface area contributed by atoms with Gasteiger partial charge >= 0.3 is 0 Å². The van der Waals surface area contributed by atoms with E-state index in [1.54, 1.807) is 0 Å². The Hall–Kier alpha value is -0.120. The van der Waals surface area contributed by atoms with Gasteiger partial charge < -0.3 is 15.7 Å². The summed E-state index contributed by atoms with van der Waals surface area (Å²) < 4.78 is 0. The molecule has 3 nitrogen and oxygen atoms in total. The standard InChI is InChI=1S/C10H22N2O/c1-2-10-4-3-6-12(10)7-5-9(11)8-13/h9-10,13H,2-8,11H2,1H3. The van der Waals surface area contributed by atoms with Crippen LogP contribution in [0.5, 0.6) is 0 Å². The summed E-state index contributed by atoms with van der Waals surface area (Å²) in [6.45, 7) is 4.64. The molecule has 3 heteroatoms. The summed E-state index contributed by atoms with van der Waals surface area (Å²) in [5, 5.41) is 8.79. The van der Waals surface area contributed by atoms with Gasteiger partial charge in [0, 0.05) is 12.1 Å². The van der Waals surface area contributed by atoms with Crippen LogP contribution in [0.15, 0.2) is 0 Å². The van der Waals surface area contributed by atoms with Crippen molar-refractivity contribution < 1.29 is 5.11 Å². The number of likely N-dealkylation sites (tertiary alicyclic amines) is 1. The molecule has 0 amide bonds. The zero-order chi connectivity index (χ0) is 9.68. The predicted molar refractivity (Wildman–Crippen MR) is 54.6 cm³/mol. The molecule has 1 heterocycles. The number of aliphatic hydroxyl groups is 1. The van der Waals surface area contributed by atoms with Crippen LogP contribution in [0.1, 0.15) is 32.6 Å². The molecule has 0 spiro atoms. The minimum absolute atomic E-state index is 0.0295. The van der Waals surface area contributed by atoms with Gasteiger partial charge in [-0.15, -0.1) is 0 Å². The molecule has 0 saturated carbocycles. The van der Waals surface area contributed by atoms with Crippen molar-refractivity contribution in [3.05, 3.63) is 0 Å². The predicted octanol–water partition coefficient (Wildman–Crippen LogP) is 0.571. The number of rotatable bonds is 5. The number of aliphatic hydroxyl groups excluding tert-OH is 1. The fraction of sp³-hybridized carbons (Fsp3) is 1.00. The normalized spacial score (nSPS) is 26.5. The van der Waals surface area contributed by atoms with E-state index in [1.165, 1.54) is 25.8 Å². The molecule has 1 fully saturated rings. The molecule has 0 aromatic carbocycles. The molecule has 3 N–H and O–H groups in total. The van der Waals surface area contributed by atoms with Gasteiger partial charge in [-0.05, 0) is 38.8 Å². The first-order chi connectivity index (χ1) is 6.27. The minimum Gasteiger partial charge on any atom is -0.395 e. The SMILES string of the molecule is CCC1CCCN1CCC(N)CO. The van der Waals surface area contributed by atoms with Crippen molar-refractivity contribution in [1.82, 2.24) is 4.90 Å². The Morgan fingerprint density at radius 3 is 3.00 bits per heavy atom. The maximum atomic E-state index is 8.79. The van der Waals surface area contributed by atoms with Crippen LogP contribution in [0.2, 0.25) is 0 Å². The van der Waals surface area contributed by atoms with Crippen molar-refractivity contribution in [3.63, 3.8) is 0 Å². The lowest BCUT2D eigenvalue weighted by Crippen LogP contribution is -2.35. The summed E-state index contributed by atoms with van der Waals surface area (Å²) in [5.74, 6) is 0. The van der Waals surface area contributed by atoms with Crippen molar-refractivity contribution in [2.45, 2.75) is 44.7 Å². The van der Waals surface area contributed by atoms with Gasteiger partial charge in [0.1, 0.15) is 0 Å². The van der Waals surface area contributed by atoms with E-state index in [2.05, 4.69) is 11.8 Å². The third-order valence-corrected chi connectivity index (χ3v) is 2.99. The lowest BCUT2D eigenvalue weighted by molar-refractivity contribution is 0.211. The third-order valence-electron chi connectivity index (χ3n) is 2.99. The molecule has 13 heavy (non-hydrogen) atoms. The molecular weight excluding hydrogens is 164 g/mol. The van der Waals surface area contributed by atoms with Crippen LogP contribution in [-0.2, 0) is 0 Å². The Morgan fingerprint density at radius 2 is 2.38 bits per heavy atom. The van der Waals surface area contributed by atoms with Gasteiger partial charge in [-0.3, -0.25) is 0 Å². The lowest BCUT2D eigenvalue weighted by atomic mass is 10.1. The van der Waals surface area contributed by atoms with E-state index in [0.717, 1.165) is 19.0 Å². The zero-order valence-electron chi connectivity index (χ0n) is 8.58.